The molecule has 1 aromatic heterocycles. The van der Waals surface area contributed by atoms with Gasteiger partial charge in [-0.2, -0.15) is 4.31 Å². The van der Waals surface area contributed by atoms with E-state index in [9.17, 15) is 18.0 Å². The van der Waals surface area contributed by atoms with Crippen molar-refractivity contribution in [3.63, 3.8) is 0 Å². The molecule has 11 heteroatoms. The van der Waals surface area contributed by atoms with E-state index in [-0.39, 0.29) is 11.3 Å². The van der Waals surface area contributed by atoms with Gasteiger partial charge in [0.05, 0.1) is 23.1 Å². The summed E-state index contributed by atoms with van der Waals surface area (Å²) in [6, 6.07) is 9.52. The first-order valence-electron chi connectivity index (χ1n) is 10.0. The molecular formula is C21H24ClN3O6S. The molecule has 0 aliphatic carbocycles. The highest BCUT2D eigenvalue weighted by Crippen LogP contribution is 2.18. The molecule has 9 nitrogen and oxygen atoms in total. The van der Waals surface area contributed by atoms with Gasteiger partial charge in [-0.3, -0.25) is 9.59 Å². The second-order valence-corrected chi connectivity index (χ2v) is 9.52. The van der Waals surface area contributed by atoms with Crippen LogP contribution < -0.4 is 5.32 Å². The zero-order valence-electron chi connectivity index (χ0n) is 17.5. The maximum atomic E-state index is 12.6. The number of hydrogen-bond acceptors (Lipinski definition) is 7. The third kappa shape index (κ3) is 6.49. The van der Waals surface area contributed by atoms with Gasteiger partial charge in [-0.25, -0.2) is 13.4 Å². The molecule has 1 saturated heterocycles. The Kier molecular flexibility index (Phi) is 8.19. The van der Waals surface area contributed by atoms with Crippen molar-refractivity contribution in [3.8, 4) is 0 Å². The minimum Gasteiger partial charge on any atom is -0.453 e. The number of anilines is 1. The Balaban J connectivity index is 1.47. The molecule has 0 spiro atoms. The smallest absolute Gasteiger partial charge is 0.306 e. The summed E-state index contributed by atoms with van der Waals surface area (Å²) < 4.78 is 37.1. The number of benzene rings is 1. The highest BCUT2D eigenvalue weighted by atomic mass is 35.5. The normalized spacial score (nSPS) is 15.7. The van der Waals surface area contributed by atoms with Gasteiger partial charge in [-0.05, 0) is 43.2 Å². The van der Waals surface area contributed by atoms with E-state index in [2.05, 4.69) is 10.3 Å². The van der Waals surface area contributed by atoms with Crippen molar-refractivity contribution in [2.75, 3.05) is 31.6 Å². The molecule has 0 bridgehead atoms. The molecule has 32 heavy (non-hydrogen) atoms. The summed E-state index contributed by atoms with van der Waals surface area (Å²) in [4.78, 5) is 28.4. The predicted molar refractivity (Wildman–Crippen MR) is 118 cm³/mol. The average molecular weight is 482 g/mol. The van der Waals surface area contributed by atoms with Crippen molar-refractivity contribution in [3.05, 3.63) is 53.2 Å². The number of rotatable bonds is 8. The second-order valence-electron chi connectivity index (χ2n) is 7.14. The van der Waals surface area contributed by atoms with E-state index in [1.807, 2.05) is 0 Å². The van der Waals surface area contributed by atoms with Crippen LogP contribution in [0.5, 0.6) is 0 Å². The third-order valence-corrected chi connectivity index (χ3v) is 6.94. The summed E-state index contributed by atoms with van der Waals surface area (Å²) in [6.45, 7) is 2.89. The Hall–Kier alpha value is -2.53. The number of sulfonamides is 1. The number of amides is 1. The van der Waals surface area contributed by atoms with Crippen molar-refractivity contribution in [1.29, 1.82) is 0 Å². The standard InChI is InChI=1S/C21H24ClN3O6S/c1-15(21(27)24-19-8-5-17(22)14-23-19)31-20(26)9-4-16-2-6-18(7-3-16)32(28,29)25-10-12-30-13-11-25/h2-3,5-8,14-15H,4,9-13H2,1H3,(H,23,24,27). The van der Waals surface area contributed by atoms with Crippen molar-refractivity contribution in [2.24, 2.45) is 0 Å². The summed E-state index contributed by atoms with van der Waals surface area (Å²) in [6.07, 6.45) is 0.794. The molecule has 1 fully saturated rings. The maximum absolute atomic E-state index is 12.6. The van der Waals surface area contributed by atoms with Crippen LogP contribution in [0.2, 0.25) is 5.02 Å². The van der Waals surface area contributed by atoms with Gasteiger partial charge in [0.15, 0.2) is 6.10 Å². The molecular weight excluding hydrogens is 458 g/mol. The topological polar surface area (TPSA) is 115 Å². The minimum absolute atomic E-state index is 0.0480. The lowest BCUT2D eigenvalue weighted by molar-refractivity contribution is -0.153. The van der Waals surface area contributed by atoms with Crippen LogP contribution in [0.4, 0.5) is 5.82 Å². The van der Waals surface area contributed by atoms with E-state index in [4.69, 9.17) is 21.1 Å². The van der Waals surface area contributed by atoms with Gasteiger partial charge in [-0.1, -0.05) is 23.7 Å². The fourth-order valence-corrected chi connectivity index (χ4v) is 4.52. The number of pyridine rings is 1. The highest BCUT2D eigenvalue weighted by Gasteiger charge is 2.26. The predicted octanol–water partition coefficient (Wildman–Crippen LogP) is 2.26. The number of carbonyl (C=O) groups is 2. The largest absolute Gasteiger partial charge is 0.453 e. The van der Waals surface area contributed by atoms with Gasteiger partial charge in [0.1, 0.15) is 5.82 Å². The lowest BCUT2D eigenvalue weighted by Gasteiger charge is -2.26. The van der Waals surface area contributed by atoms with E-state index < -0.39 is 28.0 Å². The van der Waals surface area contributed by atoms with Crippen molar-refractivity contribution >= 4 is 39.3 Å². The lowest BCUT2D eigenvalue weighted by atomic mass is 10.1. The summed E-state index contributed by atoms with van der Waals surface area (Å²) in [5.74, 6) is -0.748. The Morgan fingerprint density at radius 1 is 1.19 bits per heavy atom. The number of esters is 1. The van der Waals surface area contributed by atoms with Crippen molar-refractivity contribution in [1.82, 2.24) is 9.29 Å². The molecule has 1 aromatic carbocycles. The van der Waals surface area contributed by atoms with Gasteiger partial charge in [0, 0.05) is 25.7 Å². The molecule has 1 atom stereocenters. The minimum atomic E-state index is -3.56. The van der Waals surface area contributed by atoms with Crippen LogP contribution in [0, 0.1) is 0 Å². The van der Waals surface area contributed by atoms with Crippen LogP contribution in [0.3, 0.4) is 0 Å². The number of carbonyl (C=O) groups excluding carboxylic acids is 2. The number of hydrogen-bond donors (Lipinski definition) is 1. The number of aromatic nitrogens is 1. The zero-order valence-corrected chi connectivity index (χ0v) is 19.1. The monoisotopic (exact) mass is 481 g/mol. The van der Waals surface area contributed by atoms with Gasteiger partial charge in [0.25, 0.3) is 5.91 Å². The second kappa shape index (κ2) is 10.9. The number of nitrogens with one attached hydrogen (secondary N) is 1. The van der Waals surface area contributed by atoms with Crippen molar-refractivity contribution < 1.29 is 27.5 Å². The molecule has 2 heterocycles. The van der Waals surface area contributed by atoms with E-state index in [1.54, 1.807) is 18.2 Å². The average Bonchev–Trinajstić information content (AvgIpc) is 2.80. The molecule has 0 radical (unpaired) electrons. The molecule has 1 N–H and O–H groups in total. The molecule has 1 amide bonds. The fraction of sp³-hybridized carbons (Fsp3) is 0.381. The maximum Gasteiger partial charge on any atom is 0.306 e. The van der Waals surface area contributed by atoms with E-state index in [1.165, 1.54) is 35.6 Å². The fourth-order valence-electron chi connectivity index (χ4n) is 3.00. The Morgan fingerprint density at radius 2 is 1.88 bits per heavy atom. The number of aryl methyl sites for hydroxylation is 1. The summed E-state index contributed by atoms with van der Waals surface area (Å²) in [5.41, 5.74) is 0.783. The Morgan fingerprint density at radius 3 is 2.50 bits per heavy atom. The van der Waals surface area contributed by atoms with Gasteiger partial charge >= 0.3 is 5.97 Å². The van der Waals surface area contributed by atoms with E-state index in [0.717, 1.165) is 5.56 Å². The quantitative estimate of drug-likeness (QED) is 0.575. The van der Waals surface area contributed by atoms with Gasteiger partial charge in [-0.15, -0.1) is 0 Å². The van der Waals surface area contributed by atoms with Crippen LogP contribution in [-0.4, -0.2) is 62.0 Å². The first-order valence-corrected chi connectivity index (χ1v) is 11.9. The summed E-state index contributed by atoms with van der Waals surface area (Å²) >= 11 is 5.75. The third-order valence-electron chi connectivity index (χ3n) is 4.81. The number of halogens is 1. The lowest BCUT2D eigenvalue weighted by Crippen LogP contribution is -2.40. The molecule has 172 valence electrons. The highest BCUT2D eigenvalue weighted by molar-refractivity contribution is 7.89. The summed E-state index contributed by atoms with van der Waals surface area (Å²) in [5, 5.41) is 2.98. The molecule has 2 aromatic rings. The number of morpholine rings is 1. The van der Waals surface area contributed by atoms with Crippen LogP contribution in [-0.2, 0) is 35.5 Å². The van der Waals surface area contributed by atoms with Crippen LogP contribution in [0.1, 0.15) is 18.9 Å². The first kappa shape index (κ1) is 24.1. The van der Waals surface area contributed by atoms with Gasteiger partial charge in [0.2, 0.25) is 10.0 Å². The molecule has 1 aliphatic heterocycles. The van der Waals surface area contributed by atoms with Crippen LogP contribution >= 0.6 is 11.6 Å². The Bertz CT molecular complexity index is 1040. The first-order chi connectivity index (χ1) is 15.3. The van der Waals surface area contributed by atoms with Crippen LogP contribution in [0.25, 0.3) is 0 Å². The SMILES string of the molecule is CC(OC(=O)CCc1ccc(S(=O)(=O)N2CCOCC2)cc1)C(=O)Nc1ccc(Cl)cn1. The molecule has 3 rings (SSSR count). The van der Waals surface area contributed by atoms with Crippen LogP contribution in [0.15, 0.2) is 47.5 Å². The Labute approximate surface area is 191 Å². The molecule has 0 saturated carbocycles. The molecule has 1 unspecified atom stereocenters. The molecule has 1 aliphatic rings. The van der Waals surface area contributed by atoms with Crippen molar-refractivity contribution in [2.45, 2.75) is 30.8 Å². The van der Waals surface area contributed by atoms with E-state index in [0.29, 0.717) is 43.6 Å². The number of nitrogens with zero attached hydrogens (tertiary/aromatic N) is 2. The number of ether oxygens (including phenoxy) is 2. The van der Waals surface area contributed by atoms with E-state index >= 15 is 0 Å². The van der Waals surface area contributed by atoms with Gasteiger partial charge < -0.3 is 14.8 Å². The summed E-state index contributed by atoms with van der Waals surface area (Å²) in [7, 11) is -3.56. The zero-order chi connectivity index (χ0) is 23.1.